The first kappa shape index (κ1) is 25.1. The third-order valence-electron chi connectivity index (χ3n) is 6.25. The number of aliphatic carboxylic acids is 1. The van der Waals surface area contributed by atoms with Crippen LogP contribution in [0, 0.1) is 6.92 Å². The molecular weight excluding hydrogens is 436 g/mol. The van der Waals surface area contributed by atoms with Gasteiger partial charge in [-0.2, -0.15) is 11.3 Å². The molecule has 0 spiro atoms. The standard InChI is InChI=1S/C26H34N2O4S/c1-5-22(6-2)32-24-13-21(26(30)31)12-23(25(24)28-17(4)29)27-14-19-8-7-18(11-16(19)3)20-9-10-33-15-20/h7-11,13,15,22-25,27H,5-6,12,14H2,1-4H3,(H,28,29)(H,30,31)/t23-,24+,25+/m0/s1. The normalized spacial score (nSPS) is 20.5. The summed E-state index contributed by atoms with van der Waals surface area (Å²) in [6.07, 6.45) is 3.13. The zero-order valence-electron chi connectivity index (χ0n) is 19.8. The molecule has 1 amide bonds. The maximum absolute atomic E-state index is 12.0. The van der Waals surface area contributed by atoms with Gasteiger partial charge in [0.2, 0.25) is 5.91 Å². The van der Waals surface area contributed by atoms with Gasteiger partial charge in [-0.1, -0.05) is 32.0 Å². The predicted molar refractivity (Wildman–Crippen MR) is 132 cm³/mol. The van der Waals surface area contributed by atoms with Crippen LogP contribution in [0.2, 0.25) is 0 Å². The lowest BCUT2D eigenvalue weighted by Gasteiger charge is -2.38. The quantitative estimate of drug-likeness (QED) is 0.469. The van der Waals surface area contributed by atoms with Crippen molar-refractivity contribution in [3.8, 4) is 11.1 Å². The summed E-state index contributed by atoms with van der Waals surface area (Å²) in [6, 6.07) is 7.89. The summed E-state index contributed by atoms with van der Waals surface area (Å²) in [7, 11) is 0. The van der Waals surface area contributed by atoms with Crippen LogP contribution in [0.5, 0.6) is 0 Å². The molecule has 0 unspecified atom stereocenters. The maximum Gasteiger partial charge on any atom is 0.331 e. The van der Waals surface area contributed by atoms with Crippen molar-refractivity contribution in [3.63, 3.8) is 0 Å². The number of carboxylic acids is 1. The molecule has 0 saturated heterocycles. The number of nitrogens with one attached hydrogen (secondary N) is 2. The Labute approximate surface area is 200 Å². The van der Waals surface area contributed by atoms with E-state index in [2.05, 4.69) is 52.6 Å². The van der Waals surface area contributed by atoms with Gasteiger partial charge < -0.3 is 20.5 Å². The number of hydrogen-bond donors (Lipinski definition) is 3. The van der Waals surface area contributed by atoms with Gasteiger partial charge in [0.25, 0.3) is 0 Å². The molecule has 2 aromatic rings. The van der Waals surface area contributed by atoms with E-state index >= 15 is 0 Å². The van der Waals surface area contributed by atoms with Crippen molar-refractivity contribution in [2.45, 2.75) is 77.8 Å². The minimum Gasteiger partial charge on any atom is -0.478 e. The molecule has 1 heterocycles. The number of hydrogen-bond acceptors (Lipinski definition) is 5. The minimum atomic E-state index is -0.947. The maximum atomic E-state index is 12.0. The van der Waals surface area contributed by atoms with Crippen molar-refractivity contribution in [1.29, 1.82) is 0 Å². The van der Waals surface area contributed by atoms with Crippen LogP contribution in [0.15, 0.2) is 46.7 Å². The van der Waals surface area contributed by atoms with Gasteiger partial charge in [-0.3, -0.25) is 4.79 Å². The Morgan fingerprint density at radius 3 is 2.55 bits per heavy atom. The highest BCUT2D eigenvalue weighted by atomic mass is 32.1. The van der Waals surface area contributed by atoms with Crippen LogP contribution in [-0.4, -0.2) is 41.3 Å². The molecule has 0 bridgehead atoms. The van der Waals surface area contributed by atoms with Gasteiger partial charge >= 0.3 is 5.97 Å². The summed E-state index contributed by atoms with van der Waals surface area (Å²) in [4.78, 5) is 23.8. The van der Waals surface area contributed by atoms with Crippen molar-refractivity contribution in [1.82, 2.24) is 10.6 Å². The fourth-order valence-corrected chi connectivity index (χ4v) is 4.97. The zero-order valence-corrected chi connectivity index (χ0v) is 20.6. The molecule has 0 saturated carbocycles. The lowest BCUT2D eigenvalue weighted by atomic mass is 9.87. The lowest BCUT2D eigenvalue weighted by molar-refractivity contribution is -0.133. The van der Waals surface area contributed by atoms with Gasteiger partial charge in [0.1, 0.15) is 0 Å². The first-order valence-corrected chi connectivity index (χ1v) is 12.5. The molecule has 7 heteroatoms. The van der Waals surface area contributed by atoms with E-state index in [-0.39, 0.29) is 24.1 Å². The van der Waals surface area contributed by atoms with Crippen molar-refractivity contribution >= 4 is 23.2 Å². The number of aryl methyl sites for hydroxylation is 1. The molecule has 1 aliphatic rings. The Bertz CT molecular complexity index is 982. The van der Waals surface area contributed by atoms with E-state index in [0.29, 0.717) is 18.5 Å². The Hall–Kier alpha value is -2.48. The van der Waals surface area contributed by atoms with E-state index in [9.17, 15) is 14.7 Å². The topological polar surface area (TPSA) is 87.7 Å². The molecule has 0 fully saturated rings. The summed E-state index contributed by atoms with van der Waals surface area (Å²) in [5.74, 6) is -1.11. The average Bonchev–Trinajstić information content (AvgIpc) is 3.32. The highest BCUT2D eigenvalue weighted by Gasteiger charge is 2.37. The number of carbonyl (C=O) groups excluding carboxylic acids is 1. The Kier molecular flexibility index (Phi) is 8.83. The summed E-state index contributed by atoms with van der Waals surface area (Å²) < 4.78 is 6.25. The van der Waals surface area contributed by atoms with Gasteiger partial charge in [0, 0.05) is 25.1 Å². The van der Waals surface area contributed by atoms with Gasteiger partial charge in [0.05, 0.1) is 18.2 Å². The fourth-order valence-electron chi connectivity index (χ4n) is 4.31. The number of carbonyl (C=O) groups is 2. The molecule has 3 atom stereocenters. The molecule has 0 aliphatic heterocycles. The monoisotopic (exact) mass is 470 g/mol. The van der Waals surface area contributed by atoms with Crippen LogP contribution in [0.25, 0.3) is 11.1 Å². The molecule has 1 aliphatic carbocycles. The highest BCUT2D eigenvalue weighted by Crippen LogP contribution is 2.27. The number of benzene rings is 1. The Morgan fingerprint density at radius 2 is 1.97 bits per heavy atom. The van der Waals surface area contributed by atoms with Crippen molar-refractivity contribution < 1.29 is 19.4 Å². The van der Waals surface area contributed by atoms with Crippen LogP contribution in [0.1, 0.15) is 51.2 Å². The molecule has 178 valence electrons. The van der Waals surface area contributed by atoms with E-state index in [1.165, 1.54) is 18.1 Å². The number of amides is 1. The number of ether oxygens (including phenoxy) is 1. The molecule has 6 nitrogen and oxygen atoms in total. The second kappa shape index (κ2) is 11.6. The van der Waals surface area contributed by atoms with Gasteiger partial charge in [-0.05, 0) is 71.3 Å². The number of rotatable bonds is 10. The molecule has 3 N–H and O–H groups in total. The van der Waals surface area contributed by atoms with Crippen LogP contribution < -0.4 is 10.6 Å². The zero-order chi connectivity index (χ0) is 24.0. The largest absolute Gasteiger partial charge is 0.478 e. The Morgan fingerprint density at radius 1 is 1.21 bits per heavy atom. The van der Waals surface area contributed by atoms with Crippen LogP contribution in [-0.2, 0) is 20.9 Å². The van der Waals surface area contributed by atoms with Crippen molar-refractivity contribution in [2.24, 2.45) is 0 Å². The van der Waals surface area contributed by atoms with E-state index in [1.807, 2.05) is 13.8 Å². The van der Waals surface area contributed by atoms with Crippen LogP contribution in [0.3, 0.4) is 0 Å². The fraction of sp³-hybridized carbons (Fsp3) is 0.462. The van der Waals surface area contributed by atoms with E-state index in [0.717, 1.165) is 24.0 Å². The van der Waals surface area contributed by atoms with Crippen molar-refractivity contribution in [2.75, 3.05) is 0 Å². The third-order valence-corrected chi connectivity index (χ3v) is 6.93. The summed E-state index contributed by atoms with van der Waals surface area (Å²) in [6.45, 7) is 8.23. The van der Waals surface area contributed by atoms with E-state index < -0.39 is 12.1 Å². The molecule has 33 heavy (non-hydrogen) atoms. The van der Waals surface area contributed by atoms with E-state index in [1.54, 1.807) is 17.4 Å². The molecule has 0 radical (unpaired) electrons. The van der Waals surface area contributed by atoms with Gasteiger partial charge in [0.15, 0.2) is 0 Å². The second-order valence-electron chi connectivity index (χ2n) is 8.61. The predicted octanol–water partition coefficient (Wildman–Crippen LogP) is 4.67. The summed E-state index contributed by atoms with van der Waals surface area (Å²) in [5, 5.41) is 20.4. The average molecular weight is 471 g/mol. The molecule has 1 aromatic heterocycles. The smallest absolute Gasteiger partial charge is 0.331 e. The summed E-state index contributed by atoms with van der Waals surface area (Å²) >= 11 is 1.68. The number of carboxylic acid groups (broad SMARTS) is 1. The second-order valence-corrected chi connectivity index (χ2v) is 9.39. The van der Waals surface area contributed by atoms with Crippen LogP contribution >= 0.6 is 11.3 Å². The SMILES string of the molecule is CCC(CC)O[C@@H]1C=C(C(=O)O)C[C@H](NCc2ccc(-c3ccsc3)cc2C)[C@H]1NC(C)=O. The highest BCUT2D eigenvalue weighted by molar-refractivity contribution is 7.08. The third kappa shape index (κ3) is 6.53. The van der Waals surface area contributed by atoms with Crippen molar-refractivity contribution in [3.05, 3.63) is 57.8 Å². The first-order chi connectivity index (χ1) is 15.8. The van der Waals surface area contributed by atoms with Crippen LogP contribution in [0.4, 0.5) is 0 Å². The number of thiophene rings is 1. The summed E-state index contributed by atoms with van der Waals surface area (Å²) in [5.41, 5.74) is 5.00. The van der Waals surface area contributed by atoms with Gasteiger partial charge in [-0.15, -0.1) is 0 Å². The first-order valence-electron chi connectivity index (χ1n) is 11.5. The minimum absolute atomic E-state index is 0.00296. The lowest BCUT2D eigenvalue weighted by Crippen LogP contribution is -2.58. The molecular formula is C26H34N2O4S. The molecule has 1 aromatic carbocycles. The molecule has 3 rings (SSSR count). The van der Waals surface area contributed by atoms with E-state index in [4.69, 9.17) is 4.74 Å². The van der Waals surface area contributed by atoms with Gasteiger partial charge in [-0.25, -0.2) is 4.79 Å². The Balaban J connectivity index is 1.81.